The maximum atomic E-state index is 14.6. The van der Waals surface area contributed by atoms with Gasteiger partial charge in [0.25, 0.3) is 5.91 Å². The molecule has 0 saturated heterocycles. The second-order valence-corrected chi connectivity index (χ2v) is 8.71. The summed E-state index contributed by atoms with van der Waals surface area (Å²) in [5, 5.41) is 2.45. The molecule has 1 aliphatic rings. The zero-order valence-electron chi connectivity index (χ0n) is 17.2. The number of nitrogens with zero attached hydrogens (tertiary/aromatic N) is 2. The molecule has 0 unspecified atom stereocenters. The van der Waals surface area contributed by atoms with E-state index in [0.717, 1.165) is 18.2 Å². The van der Waals surface area contributed by atoms with Gasteiger partial charge in [-0.3, -0.25) is 9.78 Å². The van der Waals surface area contributed by atoms with Crippen LogP contribution in [0.2, 0.25) is 0 Å². The highest BCUT2D eigenvalue weighted by Gasteiger charge is 2.38. The largest absolute Gasteiger partial charge is 0.434 e. The van der Waals surface area contributed by atoms with Crippen molar-refractivity contribution in [2.45, 2.75) is 43.7 Å². The Hall–Kier alpha value is -3.02. The monoisotopic (exact) mass is 503 g/mol. The van der Waals surface area contributed by atoms with Gasteiger partial charge >= 0.3 is 6.18 Å². The van der Waals surface area contributed by atoms with Crippen molar-refractivity contribution < 1.29 is 35.5 Å². The summed E-state index contributed by atoms with van der Waals surface area (Å²) < 4.78 is 97.7. The Morgan fingerprint density at radius 2 is 1.76 bits per heavy atom. The molecule has 0 spiro atoms. The number of aromatic nitrogens is 2. The lowest BCUT2D eigenvalue weighted by Crippen LogP contribution is -2.25. The molecule has 2 aromatic heterocycles. The van der Waals surface area contributed by atoms with Crippen LogP contribution >= 0.6 is 11.5 Å². The minimum Gasteiger partial charge on any atom is -0.319 e. The van der Waals surface area contributed by atoms with E-state index in [-0.39, 0.29) is 40.2 Å². The van der Waals surface area contributed by atoms with Crippen LogP contribution in [0.3, 0.4) is 0 Å². The standard InChI is InChI=1S/C22H16F7N3OS/c23-12-1-2-15(24)14(9-12)13-5-8-30-18(11-3-6-21(25,26)7-4-11)19(13)31-20(33)16-10-17(32-34-16)22(27,28)29/h1-2,5,8-11H,3-4,6-7H2,(H,31,33). The number of halogens is 7. The molecule has 34 heavy (non-hydrogen) atoms. The second-order valence-electron chi connectivity index (χ2n) is 7.90. The van der Waals surface area contributed by atoms with E-state index in [1.54, 1.807) is 0 Å². The Morgan fingerprint density at radius 3 is 2.41 bits per heavy atom. The molecule has 12 heteroatoms. The summed E-state index contributed by atoms with van der Waals surface area (Å²) in [6.07, 6.45) is -4.26. The summed E-state index contributed by atoms with van der Waals surface area (Å²) in [6.45, 7) is 0. The third-order valence-electron chi connectivity index (χ3n) is 5.57. The van der Waals surface area contributed by atoms with Crippen molar-refractivity contribution in [2.24, 2.45) is 0 Å². The minimum atomic E-state index is -4.75. The number of alkyl halides is 5. The molecule has 3 aromatic rings. The molecule has 0 bridgehead atoms. The molecule has 1 saturated carbocycles. The maximum Gasteiger partial charge on any atom is 0.434 e. The van der Waals surface area contributed by atoms with Gasteiger partial charge in [0.05, 0.1) is 11.4 Å². The lowest BCUT2D eigenvalue weighted by atomic mass is 9.83. The van der Waals surface area contributed by atoms with Crippen LogP contribution in [0.25, 0.3) is 11.1 Å². The van der Waals surface area contributed by atoms with Crippen molar-refractivity contribution in [3.05, 3.63) is 64.4 Å². The van der Waals surface area contributed by atoms with Gasteiger partial charge in [-0.25, -0.2) is 17.6 Å². The Bertz CT molecular complexity index is 1220. The lowest BCUT2D eigenvalue weighted by Gasteiger charge is -2.29. The number of hydrogen-bond donors (Lipinski definition) is 1. The first kappa shape index (κ1) is 24.1. The highest BCUT2D eigenvalue weighted by molar-refractivity contribution is 7.08. The van der Waals surface area contributed by atoms with E-state index in [1.807, 2.05) is 0 Å². The first-order chi connectivity index (χ1) is 15.9. The summed E-state index contributed by atoms with van der Waals surface area (Å²) in [4.78, 5) is 16.6. The minimum absolute atomic E-state index is 0.0215. The van der Waals surface area contributed by atoms with Gasteiger partial charge in [0.2, 0.25) is 5.92 Å². The number of rotatable bonds is 4. The van der Waals surface area contributed by atoms with Gasteiger partial charge in [0.1, 0.15) is 16.5 Å². The molecule has 4 rings (SSSR count). The molecule has 1 fully saturated rings. The molecule has 1 aromatic carbocycles. The van der Waals surface area contributed by atoms with Gasteiger partial charge in [-0.05, 0) is 54.7 Å². The number of carbonyl (C=O) groups is 1. The Morgan fingerprint density at radius 1 is 1.06 bits per heavy atom. The van der Waals surface area contributed by atoms with E-state index >= 15 is 0 Å². The fraction of sp³-hybridized carbons (Fsp3) is 0.318. The number of nitrogens with one attached hydrogen (secondary N) is 1. The number of hydrogen-bond acceptors (Lipinski definition) is 4. The average molecular weight is 503 g/mol. The van der Waals surface area contributed by atoms with Crippen molar-refractivity contribution in [1.82, 2.24) is 9.36 Å². The smallest absolute Gasteiger partial charge is 0.319 e. The molecule has 4 nitrogen and oxygen atoms in total. The summed E-state index contributed by atoms with van der Waals surface area (Å²) >= 11 is 0.317. The number of carbonyl (C=O) groups excluding carboxylic acids is 1. The van der Waals surface area contributed by atoms with Gasteiger partial charge in [-0.15, -0.1) is 0 Å². The topological polar surface area (TPSA) is 54.9 Å². The molecule has 1 aliphatic carbocycles. The summed E-state index contributed by atoms with van der Waals surface area (Å²) in [7, 11) is 0. The Labute approximate surface area is 193 Å². The molecular formula is C22H16F7N3OS. The quantitative estimate of drug-likeness (QED) is 0.389. The molecule has 180 valence electrons. The molecule has 1 amide bonds. The summed E-state index contributed by atoms with van der Waals surface area (Å²) in [5.41, 5.74) is -1.35. The highest BCUT2D eigenvalue weighted by atomic mass is 32.1. The number of benzene rings is 1. The SMILES string of the molecule is O=C(Nc1c(-c2cc(F)ccc2F)ccnc1C1CCC(F)(F)CC1)c1cc(C(F)(F)F)ns1. The van der Waals surface area contributed by atoms with E-state index < -0.39 is 54.1 Å². The molecule has 0 aliphatic heterocycles. The van der Waals surface area contributed by atoms with Crippen LogP contribution in [0, 0.1) is 11.6 Å². The van der Waals surface area contributed by atoms with Crippen LogP contribution in [-0.2, 0) is 6.18 Å². The second kappa shape index (κ2) is 8.97. The van der Waals surface area contributed by atoms with E-state index in [4.69, 9.17) is 0 Å². The average Bonchev–Trinajstić information content (AvgIpc) is 3.27. The molecule has 0 radical (unpaired) electrons. The zero-order chi connectivity index (χ0) is 24.7. The lowest BCUT2D eigenvalue weighted by molar-refractivity contribution is -0.140. The van der Waals surface area contributed by atoms with Crippen LogP contribution in [0.4, 0.5) is 36.4 Å². The van der Waals surface area contributed by atoms with Gasteiger partial charge in [-0.1, -0.05) is 0 Å². The van der Waals surface area contributed by atoms with E-state index in [2.05, 4.69) is 14.7 Å². The molecular weight excluding hydrogens is 487 g/mol. The number of anilines is 1. The first-order valence-corrected chi connectivity index (χ1v) is 10.9. The summed E-state index contributed by atoms with van der Waals surface area (Å²) in [6, 6.07) is 4.56. The van der Waals surface area contributed by atoms with E-state index in [0.29, 0.717) is 17.6 Å². The van der Waals surface area contributed by atoms with Crippen LogP contribution in [0.5, 0.6) is 0 Å². The van der Waals surface area contributed by atoms with Crippen molar-refractivity contribution in [3.63, 3.8) is 0 Å². The van der Waals surface area contributed by atoms with Crippen molar-refractivity contribution in [3.8, 4) is 11.1 Å². The third kappa shape index (κ3) is 5.06. The van der Waals surface area contributed by atoms with Crippen LogP contribution < -0.4 is 5.32 Å². The van der Waals surface area contributed by atoms with E-state index in [9.17, 15) is 35.5 Å². The Kier molecular flexibility index (Phi) is 6.36. The number of pyridine rings is 1. The maximum absolute atomic E-state index is 14.6. The van der Waals surface area contributed by atoms with Gasteiger partial charge in [-0.2, -0.15) is 17.5 Å². The predicted octanol–water partition coefficient (Wildman–Crippen LogP) is 7.05. The van der Waals surface area contributed by atoms with Crippen LogP contribution in [0.1, 0.15) is 52.7 Å². The fourth-order valence-corrected chi connectivity index (χ4v) is 4.50. The normalized spacial score (nSPS) is 16.4. The molecule has 1 N–H and O–H groups in total. The Balaban J connectivity index is 1.77. The first-order valence-electron chi connectivity index (χ1n) is 10.1. The highest BCUT2D eigenvalue weighted by Crippen LogP contribution is 2.44. The molecule has 2 heterocycles. The van der Waals surface area contributed by atoms with Gasteiger partial charge in [0, 0.05) is 36.1 Å². The third-order valence-corrected chi connectivity index (χ3v) is 6.35. The summed E-state index contributed by atoms with van der Waals surface area (Å²) in [5.74, 6) is -5.92. The van der Waals surface area contributed by atoms with Crippen LogP contribution in [-0.4, -0.2) is 21.2 Å². The van der Waals surface area contributed by atoms with Gasteiger partial charge in [0.15, 0.2) is 5.69 Å². The van der Waals surface area contributed by atoms with Crippen molar-refractivity contribution in [2.75, 3.05) is 5.32 Å². The van der Waals surface area contributed by atoms with Crippen molar-refractivity contribution >= 4 is 23.1 Å². The van der Waals surface area contributed by atoms with Crippen LogP contribution in [0.15, 0.2) is 36.5 Å². The number of amides is 1. The van der Waals surface area contributed by atoms with E-state index in [1.165, 1.54) is 12.3 Å². The zero-order valence-corrected chi connectivity index (χ0v) is 18.0. The fourth-order valence-electron chi connectivity index (χ4n) is 3.85. The van der Waals surface area contributed by atoms with Crippen molar-refractivity contribution in [1.29, 1.82) is 0 Å². The van der Waals surface area contributed by atoms with Gasteiger partial charge < -0.3 is 5.32 Å². The molecule has 0 atom stereocenters. The predicted molar refractivity (Wildman–Crippen MR) is 111 cm³/mol.